The second-order valence-corrected chi connectivity index (χ2v) is 5.63. The minimum Gasteiger partial charge on any atom is -0.385 e. The SMILES string of the molecule is C#CCN1CCN(C(=O)c2cccc3c2CCCN3)CC1. The molecule has 0 atom stereocenters. The Morgan fingerprint density at radius 3 is 2.86 bits per heavy atom. The van der Waals surface area contributed by atoms with Gasteiger partial charge in [-0.1, -0.05) is 12.0 Å². The van der Waals surface area contributed by atoms with E-state index in [4.69, 9.17) is 6.42 Å². The van der Waals surface area contributed by atoms with E-state index in [9.17, 15) is 4.79 Å². The van der Waals surface area contributed by atoms with Crippen LogP contribution < -0.4 is 5.32 Å². The van der Waals surface area contributed by atoms with E-state index in [1.54, 1.807) is 0 Å². The van der Waals surface area contributed by atoms with Crippen LogP contribution in [0.2, 0.25) is 0 Å². The lowest BCUT2D eigenvalue weighted by Crippen LogP contribution is -2.48. The van der Waals surface area contributed by atoms with Crippen LogP contribution in [0.1, 0.15) is 22.3 Å². The molecule has 0 bridgehead atoms. The Labute approximate surface area is 126 Å². The molecule has 1 aromatic rings. The zero-order valence-electron chi connectivity index (χ0n) is 12.3. The van der Waals surface area contributed by atoms with Crippen molar-refractivity contribution in [3.05, 3.63) is 29.3 Å². The summed E-state index contributed by atoms with van der Waals surface area (Å²) in [6, 6.07) is 6.00. The fraction of sp³-hybridized carbons (Fsp3) is 0.471. The first-order valence-electron chi connectivity index (χ1n) is 7.60. The Balaban J connectivity index is 1.73. The number of amides is 1. The molecule has 110 valence electrons. The lowest BCUT2D eigenvalue weighted by Gasteiger charge is -2.34. The van der Waals surface area contributed by atoms with Crippen molar-refractivity contribution in [3.63, 3.8) is 0 Å². The highest BCUT2D eigenvalue weighted by molar-refractivity contribution is 5.97. The standard InChI is InChI=1S/C17H21N3O/c1-2-9-19-10-12-20(13-11-19)17(21)15-5-3-7-16-14(15)6-4-8-18-16/h1,3,5,7,18H,4,6,8-13H2. The topological polar surface area (TPSA) is 35.6 Å². The van der Waals surface area contributed by atoms with Crippen molar-refractivity contribution in [2.75, 3.05) is 44.6 Å². The number of benzene rings is 1. The molecule has 0 aromatic heterocycles. The molecule has 1 saturated heterocycles. The summed E-state index contributed by atoms with van der Waals surface area (Å²) in [5, 5.41) is 3.38. The van der Waals surface area contributed by atoms with Crippen molar-refractivity contribution in [2.24, 2.45) is 0 Å². The third-order valence-corrected chi connectivity index (χ3v) is 4.30. The molecule has 0 aliphatic carbocycles. The number of hydrogen-bond donors (Lipinski definition) is 1. The molecule has 3 rings (SSSR count). The Hall–Kier alpha value is -1.99. The van der Waals surface area contributed by atoms with Crippen molar-refractivity contribution < 1.29 is 4.79 Å². The van der Waals surface area contributed by atoms with Crippen LogP contribution in [0.25, 0.3) is 0 Å². The van der Waals surface area contributed by atoms with Gasteiger partial charge in [0, 0.05) is 44.0 Å². The normalized spacial score (nSPS) is 18.5. The van der Waals surface area contributed by atoms with Crippen LogP contribution in [0.5, 0.6) is 0 Å². The quantitative estimate of drug-likeness (QED) is 0.834. The summed E-state index contributed by atoms with van der Waals surface area (Å²) in [4.78, 5) is 16.9. The number of terminal acetylenes is 1. The van der Waals surface area contributed by atoms with Gasteiger partial charge in [0.05, 0.1) is 6.54 Å². The van der Waals surface area contributed by atoms with Crippen molar-refractivity contribution in [1.29, 1.82) is 0 Å². The lowest BCUT2D eigenvalue weighted by atomic mass is 9.96. The molecule has 0 unspecified atom stereocenters. The van der Waals surface area contributed by atoms with Crippen molar-refractivity contribution in [2.45, 2.75) is 12.8 Å². The summed E-state index contributed by atoms with van der Waals surface area (Å²) in [6.07, 6.45) is 7.42. The van der Waals surface area contributed by atoms with E-state index in [0.29, 0.717) is 6.54 Å². The van der Waals surface area contributed by atoms with E-state index in [1.807, 2.05) is 17.0 Å². The first-order chi connectivity index (χ1) is 10.3. The predicted octanol–water partition coefficient (Wildman–Crippen LogP) is 1.44. The van der Waals surface area contributed by atoms with Crippen LogP contribution >= 0.6 is 0 Å². The highest BCUT2D eigenvalue weighted by Gasteiger charge is 2.24. The molecule has 2 aliphatic rings. The van der Waals surface area contributed by atoms with E-state index in [2.05, 4.69) is 22.2 Å². The number of nitrogens with one attached hydrogen (secondary N) is 1. The summed E-state index contributed by atoms with van der Waals surface area (Å²) < 4.78 is 0. The predicted molar refractivity (Wildman–Crippen MR) is 84.4 cm³/mol. The Bertz CT molecular complexity index is 568. The van der Waals surface area contributed by atoms with E-state index in [1.165, 1.54) is 5.56 Å². The van der Waals surface area contributed by atoms with Gasteiger partial charge in [0.15, 0.2) is 0 Å². The maximum atomic E-state index is 12.8. The number of carbonyl (C=O) groups excluding carboxylic acids is 1. The number of piperazine rings is 1. The monoisotopic (exact) mass is 283 g/mol. The van der Waals surface area contributed by atoms with Crippen molar-refractivity contribution in [3.8, 4) is 12.3 Å². The fourth-order valence-corrected chi connectivity index (χ4v) is 3.12. The molecular formula is C17H21N3O. The van der Waals surface area contributed by atoms with Gasteiger partial charge in [-0.25, -0.2) is 0 Å². The van der Waals surface area contributed by atoms with Crippen molar-refractivity contribution in [1.82, 2.24) is 9.80 Å². The second kappa shape index (κ2) is 6.19. The van der Waals surface area contributed by atoms with Crippen LogP contribution in [-0.4, -0.2) is 55.0 Å². The molecule has 4 nitrogen and oxygen atoms in total. The number of nitrogens with zero attached hydrogens (tertiary/aromatic N) is 2. The van der Waals surface area contributed by atoms with Gasteiger partial charge in [-0.05, 0) is 30.5 Å². The van der Waals surface area contributed by atoms with E-state index in [0.717, 1.165) is 56.8 Å². The van der Waals surface area contributed by atoms with Gasteiger partial charge in [0.1, 0.15) is 0 Å². The third-order valence-electron chi connectivity index (χ3n) is 4.30. The molecule has 0 radical (unpaired) electrons. The number of carbonyl (C=O) groups is 1. The van der Waals surface area contributed by atoms with Gasteiger partial charge < -0.3 is 10.2 Å². The number of hydrogen-bond acceptors (Lipinski definition) is 3. The Morgan fingerprint density at radius 2 is 2.10 bits per heavy atom. The number of anilines is 1. The smallest absolute Gasteiger partial charge is 0.254 e. The summed E-state index contributed by atoms with van der Waals surface area (Å²) in [5.74, 6) is 2.83. The number of rotatable bonds is 2. The minimum atomic E-state index is 0.163. The molecule has 1 aromatic carbocycles. The zero-order valence-corrected chi connectivity index (χ0v) is 12.3. The first kappa shape index (κ1) is 14.0. The average molecular weight is 283 g/mol. The summed E-state index contributed by atoms with van der Waals surface area (Å²) in [7, 11) is 0. The van der Waals surface area contributed by atoms with Gasteiger partial charge in [0.2, 0.25) is 0 Å². The highest BCUT2D eigenvalue weighted by atomic mass is 16.2. The Morgan fingerprint density at radius 1 is 1.29 bits per heavy atom. The number of fused-ring (bicyclic) bond motifs is 1. The van der Waals surface area contributed by atoms with Crippen LogP contribution in [-0.2, 0) is 6.42 Å². The van der Waals surface area contributed by atoms with Gasteiger partial charge in [-0.2, -0.15) is 0 Å². The van der Waals surface area contributed by atoms with E-state index >= 15 is 0 Å². The average Bonchev–Trinajstić information content (AvgIpc) is 2.55. The fourth-order valence-electron chi connectivity index (χ4n) is 3.12. The lowest BCUT2D eigenvalue weighted by molar-refractivity contribution is 0.0651. The molecule has 1 amide bonds. The molecule has 2 heterocycles. The molecule has 4 heteroatoms. The second-order valence-electron chi connectivity index (χ2n) is 5.63. The van der Waals surface area contributed by atoms with Crippen LogP contribution in [0.15, 0.2) is 18.2 Å². The molecule has 1 fully saturated rings. The Kier molecular flexibility index (Phi) is 4.12. The first-order valence-corrected chi connectivity index (χ1v) is 7.60. The molecule has 1 N–H and O–H groups in total. The maximum Gasteiger partial charge on any atom is 0.254 e. The van der Waals surface area contributed by atoms with Crippen LogP contribution in [0.4, 0.5) is 5.69 Å². The molecule has 2 aliphatic heterocycles. The molecule has 21 heavy (non-hydrogen) atoms. The minimum absolute atomic E-state index is 0.163. The van der Waals surface area contributed by atoms with Gasteiger partial charge in [-0.3, -0.25) is 9.69 Å². The molecule has 0 spiro atoms. The van der Waals surface area contributed by atoms with Gasteiger partial charge in [0.25, 0.3) is 5.91 Å². The summed E-state index contributed by atoms with van der Waals surface area (Å²) >= 11 is 0. The van der Waals surface area contributed by atoms with Gasteiger partial charge in [-0.15, -0.1) is 6.42 Å². The highest BCUT2D eigenvalue weighted by Crippen LogP contribution is 2.26. The van der Waals surface area contributed by atoms with E-state index in [-0.39, 0.29) is 5.91 Å². The van der Waals surface area contributed by atoms with Gasteiger partial charge >= 0.3 is 0 Å². The molecule has 0 saturated carbocycles. The zero-order chi connectivity index (χ0) is 14.7. The van der Waals surface area contributed by atoms with E-state index < -0.39 is 0 Å². The molecular weight excluding hydrogens is 262 g/mol. The van der Waals surface area contributed by atoms with Crippen LogP contribution in [0.3, 0.4) is 0 Å². The maximum absolute atomic E-state index is 12.8. The summed E-state index contributed by atoms with van der Waals surface area (Å²) in [6.45, 7) is 4.92. The third kappa shape index (κ3) is 2.88. The largest absolute Gasteiger partial charge is 0.385 e. The summed E-state index contributed by atoms with van der Waals surface area (Å²) in [5.41, 5.74) is 3.17. The van der Waals surface area contributed by atoms with Crippen LogP contribution in [0, 0.1) is 12.3 Å². The van der Waals surface area contributed by atoms with Crippen molar-refractivity contribution >= 4 is 11.6 Å².